The lowest BCUT2D eigenvalue weighted by atomic mass is 10.1. The molecular weight excluding hydrogens is 304 g/mol. The maximum absolute atomic E-state index is 12.6. The van der Waals surface area contributed by atoms with Gasteiger partial charge in [0.05, 0.1) is 6.61 Å². The summed E-state index contributed by atoms with van der Waals surface area (Å²) in [6.45, 7) is 6.92. The lowest BCUT2D eigenvalue weighted by molar-refractivity contribution is -0.200. The van der Waals surface area contributed by atoms with Crippen molar-refractivity contribution in [1.29, 1.82) is 0 Å². The Bertz CT molecular complexity index is 721. The minimum absolute atomic E-state index is 0.103. The van der Waals surface area contributed by atoms with Crippen LogP contribution in [0.4, 0.5) is 0 Å². The number of aliphatic hydroxyl groups is 1. The monoisotopic (exact) mass is 324 g/mol. The Hall–Kier alpha value is -1.74. The molecule has 0 unspecified atom stereocenters. The molecule has 0 aliphatic carbocycles. The van der Waals surface area contributed by atoms with Crippen LogP contribution >= 0.6 is 0 Å². The lowest BCUT2D eigenvalue weighted by Gasteiger charge is -2.24. The number of ether oxygens (including phenoxy) is 3. The highest BCUT2D eigenvalue weighted by Gasteiger charge is 2.55. The van der Waals surface area contributed by atoms with Gasteiger partial charge < -0.3 is 19.3 Å². The summed E-state index contributed by atoms with van der Waals surface area (Å²) in [5.74, 6) is -0.829. The van der Waals surface area contributed by atoms with Crippen LogP contribution < -0.4 is 11.2 Å². The van der Waals surface area contributed by atoms with E-state index in [0.29, 0.717) is 0 Å². The number of aromatic nitrogens is 2. The predicted molar refractivity (Wildman–Crippen MR) is 80.0 cm³/mol. The quantitative estimate of drug-likeness (QED) is 0.758. The number of fused-ring (bicyclic) bond motifs is 1. The van der Waals surface area contributed by atoms with Crippen molar-refractivity contribution in [1.82, 2.24) is 9.13 Å². The Kier molecular flexibility index (Phi) is 4.01. The van der Waals surface area contributed by atoms with Crippen molar-refractivity contribution in [3.63, 3.8) is 0 Å². The smallest absolute Gasteiger partial charge is 0.333 e. The van der Waals surface area contributed by atoms with E-state index in [1.165, 1.54) is 22.9 Å². The zero-order valence-corrected chi connectivity index (χ0v) is 13.0. The Morgan fingerprint density at radius 3 is 2.70 bits per heavy atom. The molecule has 2 aliphatic rings. The fourth-order valence-corrected chi connectivity index (χ4v) is 3.05. The molecule has 8 heteroatoms. The van der Waals surface area contributed by atoms with Gasteiger partial charge in [-0.05, 0) is 13.8 Å². The van der Waals surface area contributed by atoms with Gasteiger partial charge in [0.2, 0.25) is 0 Å². The van der Waals surface area contributed by atoms with Gasteiger partial charge in [0.1, 0.15) is 18.3 Å². The second kappa shape index (κ2) is 5.72. The zero-order chi connectivity index (χ0) is 16.8. The van der Waals surface area contributed by atoms with E-state index in [2.05, 4.69) is 6.58 Å². The Morgan fingerprint density at radius 1 is 1.35 bits per heavy atom. The van der Waals surface area contributed by atoms with E-state index in [1.807, 2.05) is 0 Å². The lowest BCUT2D eigenvalue weighted by Crippen LogP contribution is -2.42. The van der Waals surface area contributed by atoms with Crippen LogP contribution in [0.5, 0.6) is 0 Å². The van der Waals surface area contributed by atoms with Crippen molar-refractivity contribution in [3.05, 3.63) is 45.8 Å². The molecule has 2 saturated heterocycles. The van der Waals surface area contributed by atoms with E-state index >= 15 is 0 Å². The summed E-state index contributed by atoms with van der Waals surface area (Å²) in [5.41, 5.74) is -0.934. The van der Waals surface area contributed by atoms with Crippen LogP contribution in [0.25, 0.3) is 0 Å². The van der Waals surface area contributed by atoms with Crippen molar-refractivity contribution < 1.29 is 19.3 Å². The second-order valence-electron chi connectivity index (χ2n) is 6.06. The maximum atomic E-state index is 12.6. The minimum atomic E-state index is -0.829. The van der Waals surface area contributed by atoms with Crippen LogP contribution in [0.3, 0.4) is 0 Å². The summed E-state index contributed by atoms with van der Waals surface area (Å²) in [4.78, 5) is 24.4. The number of hydrogen-bond acceptors (Lipinski definition) is 6. The molecular formula is C15H20N2O6. The van der Waals surface area contributed by atoms with Gasteiger partial charge >= 0.3 is 5.69 Å². The molecule has 0 radical (unpaired) electrons. The van der Waals surface area contributed by atoms with Crippen molar-refractivity contribution in [2.24, 2.45) is 0 Å². The summed E-state index contributed by atoms with van der Waals surface area (Å²) in [7, 11) is 0. The number of hydrogen-bond donors (Lipinski definition) is 1. The molecule has 1 aromatic rings. The molecule has 0 aromatic carbocycles. The standard InChI is InChI=1S/C15H20N2O6/c1-4-6-16-10(19)5-7-17(14(16)20)13-12-11(9(8-18)21-13)22-15(2,3)23-12/h4-5,7,9,11-13,18H,1,6,8H2,2-3H3/t9-,11-,12-,13-/m1/s1. The SMILES string of the molecule is C=CCn1c(=O)ccn([C@@H]2O[C@H](CO)[C@H]3OC(C)(C)O[C@H]32)c1=O. The minimum Gasteiger partial charge on any atom is -0.394 e. The first-order chi connectivity index (χ1) is 10.9. The van der Waals surface area contributed by atoms with Crippen LogP contribution in [0.2, 0.25) is 0 Å². The molecule has 0 spiro atoms. The number of rotatable bonds is 4. The average Bonchev–Trinajstić information content (AvgIpc) is 2.97. The van der Waals surface area contributed by atoms with Crippen molar-refractivity contribution in [3.8, 4) is 0 Å². The largest absolute Gasteiger partial charge is 0.394 e. The van der Waals surface area contributed by atoms with Crippen molar-refractivity contribution >= 4 is 0 Å². The van der Waals surface area contributed by atoms with Gasteiger partial charge in [0.25, 0.3) is 5.56 Å². The predicted octanol–water partition coefficient (Wildman–Crippen LogP) is -0.394. The van der Waals surface area contributed by atoms with Gasteiger partial charge in [-0.3, -0.25) is 13.9 Å². The van der Waals surface area contributed by atoms with Crippen molar-refractivity contribution in [2.75, 3.05) is 6.61 Å². The molecule has 126 valence electrons. The topological polar surface area (TPSA) is 91.9 Å². The van der Waals surface area contributed by atoms with Gasteiger partial charge in [-0.25, -0.2) is 4.79 Å². The number of allylic oxidation sites excluding steroid dienone is 1. The summed E-state index contributed by atoms with van der Waals surface area (Å²) >= 11 is 0. The molecule has 23 heavy (non-hydrogen) atoms. The highest BCUT2D eigenvalue weighted by molar-refractivity contribution is 4.99. The molecule has 3 heterocycles. The second-order valence-corrected chi connectivity index (χ2v) is 6.06. The first-order valence-electron chi connectivity index (χ1n) is 7.43. The third kappa shape index (κ3) is 2.67. The summed E-state index contributed by atoms with van der Waals surface area (Å²) in [6.07, 6.45) is 0.448. The van der Waals surface area contributed by atoms with Crippen LogP contribution in [0.15, 0.2) is 34.5 Å². The fraction of sp³-hybridized carbons (Fsp3) is 0.600. The molecule has 0 amide bonds. The van der Waals surface area contributed by atoms with Crippen molar-refractivity contribution in [2.45, 2.75) is 50.7 Å². The summed E-state index contributed by atoms with van der Waals surface area (Å²) in [6, 6.07) is 1.29. The zero-order valence-electron chi connectivity index (χ0n) is 13.0. The molecule has 0 saturated carbocycles. The van der Waals surface area contributed by atoms with E-state index in [9.17, 15) is 14.7 Å². The third-order valence-electron chi connectivity index (χ3n) is 3.99. The Labute approximate surface area is 132 Å². The molecule has 0 bridgehead atoms. The van der Waals surface area contributed by atoms with E-state index in [0.717, 1.165) is 4.57 Å². The van der Waals surface area contributed by atoms with Gasteiger partial charge in [-0.1, -0.05) is 6.08 Å². The van der Waals surface area contributed by atoms with E-state index in [1.54, 1.807) is 13.8 Å². The average molecular weight is 324 g/mol. The fourth-order valence-electron chi connectivity index (χ4n) is 3.05. The molecule has 2 aliphatic heterocycles. The third-order valence-corrected chi connectivity index (χ3v) is 3.99. The molecule has 8 nitrogen and oxygen atoms in total. The number of aliphatic hydroxyl groups excluding tert-OH is 1. The van der Waals surface area contributed by atoms with E-state index < -0.39 is 41.6 Å². The summed E-state index contributed by atoms with van der Waals surface area (Å²) in [5, 5.41) is 9.48. The number of nitrogens with zero attached hydrogens (tertiary/aromatic N) is 2. The van der Waals surface area contributed by atoms with Gasteiger partial charge in [0, 0.05) is 18.8 Å². The summed E-state index contributed by atoms with van der Waals surface area (Å²) < 4.78 is 19.7. The molecule has 1 N–H and O–H groups in total. The maximum Gasteiger partial charge on any atom is 0.333 e. The Balaban J connectivity index is 2.02. The highest BCUT2D eigenvalue weighted by atomic mass is 16.8. The first kappa shape index (κ1) is 16.1. The highest BCUT2D eigenvalue weighted by Crippen LogP contribution is 2.42. The van der Waals surface area contributed by atoms with E-state index in [-0.39, 0.29) is 13.2 Å². The normalized spacial score (nSPS) is 32.0. The van der Waals surface area contributed by atoms with E-state index in [4.69, 9.17) is 14.2 Å². The van der Waals surface area contributed by atoms with Crippen LogP contribution in [-0.4, -0.2) is 44.9 Å². The molecule has 4 atom stereocenters. The van der Waals surface area contributed by atoms with Gasteiger partial charge in [-0.15, -0.1) is 6.58 Å². The van der Waals surface area contributed by atoms with Crippen LogP contribution in [0.1, 0.15) is 20.1 Å². The first-order valence-corrected chi connectivity index (χ1v) is 7.43. The molecule has 2 fully saturated rings. The Morgan fingerprint density at radius 2 is 2.04 bits per heavy atom. The molecule has 1 aromatic heterocycles. The van der Waals surface area contributed by atoms with Gasteiger partial charge in [-0.2, -0.15) is 0 Å². The van der Waals surface area contributed by atoms with Crippen LogP contribution in [0, 0.1) is 0 Å². The van der Waals surface area contributed by atoms with Gasteiger partial charge in [0.15, 0.2) is 12.0 Å². The van der Waals surface area contributed by atoms with Crippen LogP contribution in [-0.2, 0) is 20.8 Å². The molecule has 3 rings (SSSR count).